The second kappa shape index (κ2) is 8.41. The van der Waals surface area contributed by atoms with Gasteiger partial charge in [0.15, 0.2) is 0 Å². The number of aromatic nitrogens is 4. The molecule has 3 rings (SSSR count). The number of amidine groups is 1. The van der Waals surface area contributed by atoms with Gasteiger partial charge in [-0.1, -0.05) is 35.4 Å². The maximum atomic E-state index is 11.5. The molecule has 3 aromatic rings. The average Bonchev–Trinajstić information content (AvgIpc) is 3.21. The Hall–Kier alpha value is -3.60. The van der Waals surface area contributed by atoms with Crippen molar-refractivity contribution >= 4 is 37.7 Å². The van der Waals surface area contributed by atoms with E-state index in [4.69, 9.17) is 0 Å². The minimum Gasteiger partial charge on any atom is -0.744 e. The molecule has 0 saturated heterocycles. The molecule has 16 heteroatoms. The van der Waals surface area contributed by atoms with Crippen LogP contribution < -0.4 is 5.43 Å². The number of anilines is 1. The first kappa shape index (κ1) is 21.1. The smallest absolute Gasteiger partial charge is 0.307 e. The summed E-state index contributed by atoms with van der Waals surface area (Å²) in [7, 11) is -10.1. The minimum atomic E-state index is -5.15. The van der Waals surface area contributed by atoms with Gasteiger partial charge in [-0.3, -0.25) is 5.43 Å². The summed E-state index contributed by atoms with van der Waals surface area (Å²) in [6.45, 7) is 0. The highest BCUT2D eigenvalue weighted by atomic mass is 32.2. The summed E-state index contributed by atoms with van der Waals surface area (Å²) in [6.07, 6.45) is 0. The number of benzene rings is 2. The molecule has 0 aliphatic rings. The summed E-state index contributed by atoms with van der Waals surface area (Å²) < 4.78 is 67.9. The number of hydrazone groups is 1. The van der Waals surface area contributed by atoms with Crippen molar-refractivity contribution in [2.45, 2.75) is 9.79 Å². The van der Waals surface area contributed by atoms with Gasteiger partial charge in [0, 0.05) is 5.56 Å². The normalized spacial score (nSPS) is 12.9. The Morgan fingerprint density at radius 3 is 2.33 bits per heavy atom. The molecule has 0 fully saturated rings. The van der Waals surface area contributed by atoms with E-state index in [2.05, 4.69) is 41.4 Å². The lowest BCUT2D eigenvalue weighted by molar-refractivity contribution is 0.461. The lowest BCUT2D eigenvalue weighted by Crippen LogP contribution is -2.08. The summed E-state index contributed by atoms with van der Waals surface area (Å²) in [4.78, 5) is -1.86. The van der Waals surface area contributed by atoms with Crippen molar-refractivity contribution < 1.29 is 25.9 Å². The van der Waals surface area contributed by atoms with Crippen LogP contribution in [0.2, 0.25) is 0 Å². The van der Waals surface area contributed by atoms with E-state index in [0.717, 1.165) is 12.1 Å². The first-order valence-electron chi connectivity index (χ1n) is 7.75. The first-order chi connectivity index (χ1) is 14.1. The molecule has 2 aromatic carbocycles. The molecular weight excluding hydrogens is 440 g/mol. The largest absolute Gasteiger partial charge is 0.744 e. The standard InChI is InChI=1S/C14H12N8O6S2/c23-29(24,25)10-6-7-11(12(8-10)30(26,27)28)15-16-13(9-4-2-1-3-5-9)17-18-14-19-21-22-20-14/h1-8,15H,(H,23,24,25)(H,26,27,28)(H,19,20,21,22)/p-2/b16-13+,18-17?. The van der Waals surface area contributed by atoms with Gasteiger partial charge in [-0.25, -0.2) is 16.8 Å². The summed E-state index contributed by atoms with van der Waals surface area (Å²) in [5.74, 6) is -0.165. The number of rotatable bonds is 6. The van der Waals surface area contributed by atoms with Crippen molar-refractivity contribution in [2.75, 3.05) is 5.43 Å². The lowest BCUT2D eigenvalue weighted by atomic mass is 10.2. The van der Waals surface area contributed by atoms with Gasteiger partial charge in [-0.05, 0) is 23.4 Å². The predicted octanol–water partition coefficient (Wildman–Crippen LogP) is 0.566. The van der Waals surface area contributed by atoms with Crippen molar-refractivity contribution in [2.24, 2.45) is 15.3 Å². The van der Waals surface area contributed by atoms with Crippen LogP contribution in [0.3, 0.4) is 0 Å². The fraction of sp³-hybridized carbons (Fsp3) is 0. The van der Waals surface area contributed by atoms with E-state index in [1.165, 1.54) is 0 Å². The van der Waals surface area contributed by atoms with Crippen molar-refractivity contribution in [1.82, 2.24) is 20.6 Å². The monoisotopic (exact) mass is 450 g/mol. The van der Waals surface area contributed by atoms with Crippen molar-refractivity contribution in [3.63, 3.8) is 0 Å². The van der Waals surface area contributed by atoms with Gasteiger partial charge in [0.2, 0.25) is 5.84 Å². The van der Waals surface area contributed by atoms with Crippen LogP contribution in [0.1, 0.15) is 5.56 Å². The van der Waals surface area contributed by atoms with Crippen LogP contribution in [0.4, 0.5) is 11.6 Å². The quantitative estimate of drug-likeness (QED) is 0.175. The molecule has 14 nitrogen and oxygen atoms in total. The van der Waals surface area contributed by atoms with Crippen LogP contribution >= 0.6 is 0 Å². The third-order valence-corrected chi connectivity index (χ3v) is 5.10. The molecule has 1 aromatic heterocycles. The predicted molar refractivity (Wildman–Crippen MR) is 97.7 cm³/mol. The Kier molecular flexibility index (Phi) is 5.92. The van der Waals surface area contributed by atoms with Gasteiger partial charge in [0.1, 0.15) is 20.2 Å². The third-order valence-electron chi connectivity index (χ3n) is 3.39. The Bertz CT molecular complexity index is 1310. The van der Waals surface area contributed by atoms with E-state index in [1.54, 1.807) is 30.3 Å². The zero-order valence-corrected chi connectivity index (χ0v) is 16.2. The molecule has 0 bridgehead atoms. The number of tetrazole rings is 1. The zero-order chi connectivity index (χ0) is 21.8. The Morgan fingerprint density at radius 1 is 1.00 bits per heavy atom. The number of nitrogens with one attached hydrogen (secondary N) is 2. The van der Waals surface area contributed by atoms with Gasteiger partial charge in [-0.15, -0.1) is 15.3 Å². The van der Waals surface area contributed by atoms with E-state index in [9.17, 15) is 25.9 Å². The highest BCUT2D eigenvalue weighted by Gasteiger charge is 2.13. The maximum Gasteiger partial charge on any atom is 0.307 e. The van der Waals surface area contributed by atoms with Gasteiger partial charge in [0.25, 0.3) is 0 Å². The van der Waals surface area contributed by atoms with Gasteiger partial charge in [0.05, 0.1) is 15.5 Å². The molecule has 0 saturated carbocycles. The molecule has 156 valence electrons. The van der Waals surface area contributed by atoms with E-state index in [1.807, 2.05) is 0 Å². The summed E-state index contributed by atoms with van der Waals surface area (Å²) >= 11 is 0. The highest BCUT2D eigenvalue weighted by Crippen LogP contribution is 2.25. The number of hydrogen-bond donors (Lipinski definition) is 2. The molecular formula is C14H10N8O6S2-2. The molecule has 0 unspecified atom stereocenters. The Balaban J connectivity index is 2.03. The maximum absolute atomic E-state index is 11.5. The molecule has 0 atom stereocenters. The second-order valence-corrected chi connectivity index (χ2v) is 8.12. The van der Waals surface area contributed by atoms with E-state index in [0.29, 0.717) is 11.6 Å². The molecule has 0 aliphatic carbocycles. The van der Waals surface area contributed by atoms with Crippen molar-refractivity contribution in [1.29, 1.82) is 0 Å². The average molecular weight is 450 g/mol. The molecule has 30 heavy (non-hydrogen) atoms. The number of aromatic amines is 1. The van der Waals surface area contributed by atoms with Crippen LogP contribution in [-0.4, -0.2) is 52.4 Å². The first-order valence-corrected chi connectivity index (χ1v) is 10.6. The fourth-order valence-corrected chi connectivity index (χ4v) is 3.32. The van der Waals surface area contributed by atoms with Crippen molar-refractivity contribution in [3.05, 3.63) is 54.1 Å². The number of hydrogen-bond acceptors (Lipinski definition) is 12. The molecule has 1 heterocycles. The van der Waals surface area contributed by atoms with Gasteiger partial charge < -0.3 is 9.11 Å². The lowest BCUT2D eigenvalue weighted by Gasteiger charge is -2.15. The topological polar surface area (TPSA) is 218 Å². The molecule has 0 spiro atoms. The SMILES string of the molecule is O=S(=O)([O-])c1ccc(N/N=C(/N=Nc2nn[nH]n2)c2ccccc2)c(S(=O)(=O)[O-])c1. The molecule has 0 radical (unpaired) electrons. The number of nitrogens with zero attached hydrogens (tertiary/aromatic N) is 6. The van der Waals surface area contributed by atoms with Crippen LogP contribution in [0.25, 0.3) is 0 Å². The van der Waals surface area contributed by atoms with E-state index in [-0.39, 0.29) is 17.5 Å². The summed E-state index contributed by atoms with van der Waals surface area (Å²) in [5.41, 5.74) is 2.39. The van der Waals surface area contributed by atoms with Gasteiger partial charge >= 0.3 is 5.95 Å². The second-order valence-electron chi connectivity index (χ2n) is 5.39. The van der Waals surface area contributed by atoms with Crippen LogP contribution in [-0.2, 0) is 20.2 Å². The number of azo groups is 1. The third kappa shape index (κ3) is 5.26. The summed E-state index contributed by atoms with van der Waals surface area (Å²) in [6, 6.07) is 10.5. The summed E-state index contributed by atoms with van der Waals surface area (Å²) in [5, 5.41) is 24.2. The van der Waals surface area contributed by atoms with E-state index >= 15 is 0 Å². The van der Waals surface area contributed by atoms with Gasteiger partial charge in [-0.2, -0.15) is 10.3 Å². The Labute approximate surface area is 169 Å². The van der Waals surface area contributed by atoms with Crippen LogP contribution in [0.15, 0.2) is 73.7 Å². The van der Waals surface area contributed by atoms with Crippen molar-refractivity contribution in [3.8, 4) is 0 Å². The minimum absolute atomic E-state index is 0.0600. The fourth-order valence-electron chi connectivity index (χ4n) is 2.09. The number of H-pyrrole nitrogens is 1. The van der Waals surface area contributed by atoms with Crippen LogP contribution in [0.5, 0.6) is 0 Å². The molecule has 0 aliphatic heterocycles. The van der Waals surface area contributed by atoms with Crippen LogP contribution in [0, 0.1) is 0 Å². The van der Waals surface area contributed by atoms with E-state index < -0.39 is 30.0 Å². The highest BCUT2D eigenvalue weighted by molar-refractivity contribution is 7.86. The Morgan fingerprint density at radius 2 is 1.73 bits per heavy atom. The molecule has 0 amide bonds. The zero-order valence-electron chi connectivity index (χ0n) is 14.6. The molecule has 2 N–H and O–H groups in total.